The lowest BCUT2D eigenvalue weighted by Gasteiger charge is -2.37. The van der Waals surface area contributed by atoms with Crippen LogP contribution in [0.2, 0.25) is 0 Å². The van der Waals surface area contributed by atoms with Gasteiger partial charge in [0.2, 0.25) is 0 Å². The first kappa shape index (κ1) is 24.1. The summed E-state index contributed by atoms with van der Waals surface area (Å²) in [6.07, 6.45) is 4.37. The quantitative estimate of drug-likeness (QED) is 0.430. The minimum atomic E-state index is -0.345. The van der Waals surface area contributed by atoms with Gasteiger partial charge in [0.1, 0.15) is 6.20 Å². The summed E-state index contributed by atoms with van der Waals surface area (Å²) in [7, 11) is 0. The Morgan fingerprint density at radius 1 is 0.971 bits per heavy atom. The second-order valence-electron chi connectivity index (χ2n) is 8.90. The predicted octanol–water partition coefficient (Wildman–Crippen LogP) is 3.08. The van der Waals surface area contributed by atoms with Crippen molar-refractivity contribution in [3.8, 4) is 0 Å². The second kappa shape index (κ2) is 11.4. The highest BCUT2D eigenvalue weighted by Gasteiger charge is 2.19. The summed E-state index contributed by atoms with van der Waals surface area (Å²) < 4.78 is 15.3. The number of alkyl halides is 1. The van der Waals surface area contributed by atoms with E-state index in [1.165, 1.54) is 37.5 Å². The molecule has 1 aromatic heterocycles. The number of hydrogen-bond donors (Lipinski definition) is 0. The van der Waals surface area contributed by atoms with Crippen molar-refractivity contribution in [3.05, 3.63) is 69.0 Å². The number of rotatable bonds is 10. The molecule has 0 atom stereocenters. The van der Waals surface area contributed by atoms with Gasteiger partial charge in [0.15, 0.2) is 0 Å². The lowest BCUT2D eigenvalue weighted by atomic mass is 10.0. The number of anilines is 1. The molecule has 4 rings (SSSR count). The molecule has 1 aliphatic rings. The van der Waals surface area contributed by atoms with Crippen molar-refractivity contribution in [2.45, 2.75) is 45.7 Å². The third-order valence-corrected chi connectivity index (χ3v) is 6.65. The fourth-order valence-electron chi connectivity index (χ4n) is 4.75. The number of piperazine rings is 1. The Hall–Kier alpha value is -3.00. The Morgan fingerprint density at radius 2 is 1.74 bits per heavy atom. The van der Waals surface area contributed by atoms with Gasteiger partial charge in [0, 0.05) is 50.3 Å². The highest BCUT2D eigenvalue weighted by Crippen LogP contribution is 2.30. The maximum absolute atomic E-state index is 12.7. The van der Waals surface area contributed by atoms with E-state index in [2.05, 4.69) is 51.3 Å². The van der Waals surface area contributed by atoms with Gasteiger partial charge in [-0.1, -0.05) is 30.3 Å². The Labute approximate surface area is 199 Å². The zero-order valence-electron chi connectivity index (χ0n) is 20.0. The van der Waals surface area contributed by atoms with Crippen LogP contribution in [0.1, 0.15) is 31.7 Å². The second-order valence-corrected chi connectivity index (χ2v) is 8.90. The van der Waals surface area contributed by atoms with Crippen LogP contribution >= 0.6 is 0 Å². The third kappa shape index (κ3) is 5.55. The van der Waals surface area contributed by atoms with Crippen molar-refractivity contribution in [2.75, 3.05) is 44.3 Å². The van der Waals surface area contributed by atoms with Crippen molar-refractivity contribution in [1.29, 1.82) is 0 Å². The maximum atomic E-state index is 12.7. The number of unbranched alkanes of at least 4 members (excludes halogenated alkanes) is 1. The number of fused-ring (bicyclic) bond motifs is 1. The Morgan fingerprint density at radius 3 is 2.50 bits per heavy atom. The normalized spacial score (nSPS) is 14.7. The van der Waals surface area contributed by atoms with Crippen molar-refractivity contribution < 1.29 is 4.39 Å². The molecule has 0 saturated carbocycles. The molecule has 1 aliphatic heterocycles. The van der Waals surface area contributed by atoms with E-state index in [9.17, 15) is 14.0 Å². The van der Waals surface area contributed by atoms with Gasteiger partial charge >= 0.3 is 5.69 Å². The molecule has 0 N–H and O–H groups in total. The SMILES string of the molecule is CCn1c(=O)cnn(CCCCN2CCN(c3cc(CCC[18F])cc4ccccc34)CC2)c1=O. The molecule has 2 aromatic carbocycles. The number of aromatic nitrogens is 3. The predicted molar refractivity (Wildman–Crippen MR) is 135 cm³/mol. The molecular formula is C26H34FN5O2. The number of halogens is 1. The molecular weight excluding hydrogens is 432 g/mol. The summed E-state index contributed by atoms with van der Waals surface area (Å²) in [5, 5.41) is 6.47. The average Bonchev–Trinajstić information content (AvgIpc) is 2.86. The molecule has 182 valence electrons. The summed E-state index contributed by atoms with van der Waals surface area (Å²) in [5.41, 5.74) is 1.78. The van der Waals surface area contributed by atoms with E-state index < -0.39 is 0 Å². The van der Waals surface area contributed by atoms with Gasteiger partial charge < -0.3 is 4.90 Å². The molecule has 2 heterocycles. The van der Waals surface area contributed by atoms with Crippen molar-refractivity contribution in [2.24, 2.45) is 0 Å². The van der Waals surface area contributed by atoms with Gasteiger partial charge in [-0.2, -0.15) is 5.10 Å². The number of benzene rings is 2. The lowest BCUT2D eigenvalue weighted by Crippen LogP contribution is -2.46. The zero-order valence-corrected chi connectivity index (χ0v) is 20.0. The van der Waals surface area contributed by atoms with Crippen LogP contribution < -0.4 is 16.1 Å². The van der Waals surface area contributed by atoms with Crippen LogP contribution in [0.3, 0.4) is 0 Å². The molecule has 34 heavy (non-hydrogen) atoms. The number of hydrogen-bond acceptors (Lipinski definition) is 5. The van der Waals surface area contributed by atoms with E-state index >= 15 is 0 Å². The van der Waals surface area contributed by atoms with Crippen LogP contribution in [-0.4, -0.2) is 58.6 Å². The molecule has 0 spiro atoms. The van der Waals surface area contributed by atoms with Crippen molar-refractivity contribution in [3.63, 3.8) is 0 Å². The van der Waals surface area contributed by atoms with Crippen molar-refractivity contribution >= 4 is 16.5 Å². The molecule has 1 fully saturated rings. The molecule has 3 aromatic rings. The average molecular weight is 467 g/mol. The Kier molecular flexibility index (Phi) is 8.11. The fraction of sp³-hybridized carbons (Fsp3) is 0.500. The van der Waals surface area contributed by atoms with Crippen LogP contribution in [-0.2, 0) is 19.5 Å². The van der Waals surface area contributed by atoms with Crippen LogP contribution in [0.5, 0.6) is 0 Å². The first-order valence-electron chi connectivity index (χ1n) is 12.3. The van der Waals surface area contributed by atoms with E-state index in [1.54, 1.807) is 6.92 Å². The van der Waals surface area contributed by atoms with Crippen LogP contribution in [0.15, 0.2) is 52.2 Å². The molecule has 0 aliphatic carbocycles. The minimum Gasteiger partial charge on any atom is -0.368 e. The maximum Gasteiger partial charge on any atom is 0.347 e. The largest absolute Gasteiger partial charge is 0.368 e. The standard InChI is InChI=1S/C26H34FN5O2/c1-2-31-25(33)20-28-32(26(31)34)13-6-5-12-29-14-16-30(17-15-29)24-19-21(8-7-11-27)18-22-9-3-4-10-23(22)24/h3-4,9-10,18-20H,2,5-8,11-17H2,1H3/i27-1. The molecule has 7 nitrogen and oxygen atoms in total. The molecule has 8 heteroatoms. The molecule has 0 unspecified atom stereocenters. The smallest absolute Gasteiger partial charge is 0.347 e. The summed E-state index contributed by atoms with van der Waals surface area (Å²) in [5.74, 6) is 0. The van der Waals surface area contributed by atoms with Gasteiger partial charge in [-0.05, 0) is 56.2 Å². The van der Waals surface area contributed by atoms with Crippen molar-refractivity contribution in [1.82, 2.24) is 19.2 Å². The number of nitrogens with zero attached hydrogens (tertiary/aromatic N) is 5. The summed E-state index contributed by atoms with van der Waals surface area (Å²) in [4.78, 5) is 28.9. The van der Waals surface area contributed by atoms with Gasteiger partial charge in [0.05, 0.1) is 6.67 Å². The molecule has 0 bridgehead atoms. The summed E-state index contributed by atoms with van der Waals surface area (Å²) in [6, 6.07) is 12.9. The highest BCUT2D eigenvalue weighted by atomic mass is 18.2. The molecule has 0 radical (unpaired) electrons. The first-order chi connectivity index (χ1) is 16.6. The molecule has 0 amide bonds. The molecule has 1 saturated heterocycles. The van der Waals surface area contributed by atoms with E-state index in [-0.39, 0.29) is 17.9 Å². The van der Waals surface area contributed by atoms with Gasteiger partial charge in [-0.25, -0.2) is 9.48 Å². The topological polar surface area (TPSA) is 63.4 Å². The van der Waals surface area contributed by atoms with Gasteiger partial charge in [-0.3, -0.25) is 18.7 Å². The Bertz CT molecular complexity index is 1210. The summed E-state index contributed by atoms with van der Waals surface area (Å²) in [6.45, 7) is 7.26. The van der Waals surface area contributed by atoms with Crippen LogP contribution in [0.25, 0.3) is 10.8 Å². The lowest BCUT2D eigenvalue weighted by molar-refractivity contribution is 0.250. The zero-order chi connectivity index (χ0) is 23.9. The van der Waals surface area contributed by atoms with Gasteiger partial charge in [-0.15, -0.1) is 0 Å². The van der Waals surface area contributed by atoms with E-state index in [4.69, 9.17) is 0 Å². The third-order valence-electron chi connectivity index (χ3n) is 6.65. The minimum absolute atomic E-state index is 0.284. The highest BCUT2D eigenvalue weighted by molar-refractivity contribution is 5.95. The monoisotopic (exact) mass is 466 g/mol. The fourth-order valence-corrected chi connectivity index (χ4v) is 4.75. The van der Waals surface area contributed by atoms with Gasteiger partial charge in [0.25, 0.3) is 5.56 Å². The number of aryl methyl sites for hydroxylation is 2. The van der Waals surface area contributed by atoms with E-state index in [0.717, 1.165) is 52.0 Å². The Balaban J connectivity index is 1.31. The van der Waals surface area contributed by atoms with E-state index in [0.29, 0.717) is 19.5 Å². The van der Waals surface area contributed by atoms with E-state index in [1.807, 2.05) is 0 Å². The summed E-state index contributed by atoms with van der Waals surface area (Å²) >= 11 is 0. The van der Waals surface area contributed by atoms with Crippen LogP contribution in [0.4, 0.5) is 10.1 Å². The van der Waals surface area contributed by atoms with Crippen LogP contribution in [0, 0.1) is 0 Å². The first-order valence-corrected chi connectivity index (χ1v) is 12.3.